The molecule has 0 amide bonds. The van der Waals surface area contributed by atoms with E-state index in [1.807, 2.05) is 18.2 Å². The molecular weight excluding hydrogens is 309 g/mol. The van der Waals surface area contributed by atoms with Gasteiger partial charge in [-0.25, -0.2) is 4.39 Å². The zero-order valence-electron chi connectivity index (χ0n) is 10.2. The summed E-state index contributed by atoms with van der Waals surface area (Å²) in [4.78, 5) is 0.260. The predicted molar refractivity (Wildman–Crippen MR) is 76.7 cm³/mol. The fraction of sp³-hybridized carbons (Fsp3) is 0.133. The molecule has 0 aliphatic carbocycles. The fourth-order valence-corrected chi connectivity index (χ4v) is 2.30. The van der Waals surface area contributed by atoms with Gasteiger partial charge in [-0.05, 0) is 48.9 Å². The predicted octanol–water partition coefficient (Wildman–Crippen LogP) is 5.09. The van der Waals surface area contributed by atoms with Crippen LogP contribution in [-0.2, 0) is 0 Å². The van der Waals surface area contributed by atoms with Crippen molar-refractivity contribution in [2.45, 2.75) is 11.8 Å². The van der Waals surface area contributed by atoms with Gasteiger partial charge >= 0.3 is 0 Å². The first-order chi connectivity index (χ1) is 9.15. The van der Waals surface area contributed by atoms with E-state index in [9.17, 15) is 4.39 Å². The molecule has 2 nitrogen and oxygen atoms in total. The van der Waals surface area contributed by atoms with Crippen LogP contribution in [0.4, 0.5) is 4.39 Å². The van der Waals surface area contributed by atoms with Gasteiger partial charge in [0.25, 0.3) is 0 Å². The third-order valence-corrected chi connectivity index (χ3v) is 3.60. The molecule has 1 aromatic heterocycles. The lowest BCUT2D eigenvalue weighted by atomic mass is 10.1. The highest BCUT2D eigenvalue weighted by Crippen LogP contribution is 2.31. The van der Waals surface area contributed by atoms with Crippen molar-refractivity contribution in [3.8, 4) is 11.3 Å². The number of fused-ring (bicyclic) bond motifs is 1. The Labute approximate surface area is 118 Å². The zero-order chi connectivity index (χ0) is 13.4. The number of halogens is 2. The standard InChI is InChI=1S/C15H11BrFNO/c1-9(16)11-4-7-13-14(8-11)19-18-15(13)10-2-5-12(17)6-3-10/h2-9H,1H3. The van der Waals surface area contributed by atoms with E-state index >= 15 is 0 Å². The molecular formula is C15H11BrFNO. The van der Waals surface area contributed by atoms with E-state index in [0.717, 1.165) is 27.8 Å². The summed E-state index contributed by atoms with van der Waals surface area (Å²) in [6.45, 7) is 2.05. The van der Waals surface area contributed by atoms with Crippen molar-refractivity contribution >= 4 is 26.9 Å². The van der Waals surface area contributed by atoms with Crippen molar-refractivity contribution in [1.82, 2.24) is 5.16 Å². The molecule has 0 fully saturated rings. The second kappa shape index (κ2) is 4.78. The molecule has 3 aromatic rings. The molecule has 1 atom stereocenters. The van der Waals surface area contributed by atoms with Crippen molar-refractivity contribution < 1.29 is 8.91 Å². The number of rotatable bonds is 2. The summed E-state index contributed by atoms with van der Waals surface area (Å²) in [6.07, 6.45) is 0. The maximum atomic E-state index is 12.9. The van der Waals surface area contributed by atoms with Crippen LogP contribution in [0, 0.1) is 5.82 Å². The van der Waals surface area contributed by atoms with Crippen LogP contribution >= 0.6 is 15.9 Å². The zero-order valence-corrected chi connectivity index (χ0v) is 11.8. The smallest absolute Gasteiger partial charge is 0.167 e. The molecule has 4 heteroatoms. The fourth-order valence-electron chi connectivity index (χ4n) is 2.02. The molecule has 0 saturated carbocycles. The first-order valence-corrected chi connectivity index (χ1v) is 6.86. The second-order valence-electron chi connectivity index (χ2n) is 4.41. The van der Waals surface area contributed by atoms with E-state index in [-0.39, 0.29) is 10.6 Å². The topological polar surface area (TPSA) is 26.0 Å². The Morgan fingerprint density at radius 2 is 1.89 bits per heavy atom. The Bertz CT molecular complexity index is 719. The number of hydrogen-bond acceptors (Lipinski definition) is 2. The number of alkyl halides is 1. The molecule has 3 rings (SSSR count). The maximum absolute atomic E-state index is 12.9. The van der Waals surface area contributed by atoms with E-state index in [2.05, 4.69) is 28.0 Å². The molecule has 0 bridgehead atoms. The molecule has 19 heavy (non-hydrogen) atoms. The van der Waals surface area contributed by atoms with Gasteiger partial charge in [0.2, 0.25) is 0 Å². The van der Waals surface area contributed by atoms with Gasteiger partial charge in [0.1, 0.15) is 11.5 Å². The Kier molecular flexibility index (Phi) is 3.11. The first-order valence-electron chi connectivity index (χ1n) is 5.94. The SMILES string of the molecule is CC(Br)c1ccc2c(-c3ccc(F)cc3)noc2c1. The number of aromatic nitrogens is 1. The summed E-state index contributed by atoms with van der Waals surface area (Å²) in [5.41, 5.74) is 3.46. The largest absolute Gasteiger partial charge is 0.356 e. The van der Waals surface area contributed by atoms with Crippen molar-refractivity contribution in [3.63, 3.8) is 0 Å². The van der Waals surface area contributed by atoms with Crippen LogP contribution in [-0.4, -0.2) is 5.16 Å². The minimum absolute atomic E-state index is 0.257. The second-order valence-corrected chi connectivity index (χ2v) is 5.78. The molecule has 1 heterocycles. The maximum Gasteiger partial charge on any atom is 0.167 e. The van der Waals surface area contributed by atoms with E-state index in [0.29, 0.717) is 0 Å². The summed E-state index contributed by atoms with van der Waals surface area (Å²) < 4.78 is 18.3. The quantitative estimate of drug-likeness (QED) is 0.615. The van der Waals surface area contributed by atoms with E-state index in [1.54, 1.807) is 12.1 Å². The van der Waals surface area contributed by atoms with Crippen LogP contribution in [0.25, 0.3) is 22.2 Å². The summed E-state index contributed by atoms with van der Waals surface area (Å²) in [5, 5.41) is 5.02. The Morgan fingerprint density at radius 1 is 1.16 bits per heavy atom. The Morgan fingerprint density at radius 3 is 2.58 bits per heavy atom. The molecule has 0 aliphatic heterocycles. The van der Waals surface area contributed by atoms with Gasteiger partial charge in [-0.15, -0.1) is 0 Å². The minimum atomic E-state index is -0.257. The van der Waals surface area contributed by atoms with Crippen LogP contribution < -0.4 is 0 Å². The van der Waals surface area contributed by atoms with E-state index in [4.69, 9.17) is 4.52 Å². The van der Waals surface area contributed by atoms with Crippen LogP contribution in [0.1, 0.15) is 17.3 Å². The molecule has 0 N–H and O–H groups in total. The highest BCUT2D eigenvalue weighted by Gasteiger charge is 2.12. The molecule has 1 unspecified atom stereocenters. The average Bonchev–Trinajstić information content (AvgIpc) is 2.82. The van der Waals surface area contributed by atoms with Crippen molar-refractivity contribution in [1.29, 1.82) is 0 Å². The lowest BCUT2D eigenvalue weighted by Crippen LogP contribution is -1.83. The number of hydrogen-bond donors (Lipinski definition) is 0. The summed E-state index contributed by atoms with van der Waals surface area (Å²) in [5.74, 6) is -0.257. The monoisotopic (exact) mass is 319 g/mol. The van der Waals surface area contributed by atoms with Gasteiger partial charge in [-0.2, -0.15) is 0 Å². The van der Waals surface area contributed by atoms with Gasteiger partial charge in [0, 0.05) is 15.8 Å². The van der Waals surface area contributed by atoms with Gasteiger partial charge in [0.15, 0.2) is 5.58 Å². The third kappa shape index (κ3) is 2.28. The van der Waals surface area contributed by atoms with Gasteiger partial charge in [0.05, 0.1) is 0 Å². The van der Waals surface area contributed by atoms with Gasteiger partial charge in [-0.1, -0.05) is 27.2 Å². The van der Waals surface area contributed by atoms with Crippen LogP contribution in [0.15, 0.2) is 47.0 Å². The molecule has 0 aliphatic rings. The lowest BCUT2D eigenvalue weighted by Gasteiger charge is -2.02. The molecule has 0 saturated heterocycles. The third-order valence-electron chi connectivity index (χ3n) is 3.07. The first kappa shape index (κ1) is 12.4. The molecule has 2 aromatic carbocycles. The number of benzene rings is 2. The van der Waals surface area contributed by atoms with Crippen molar-refractivity contribution in [2.75, 3.05) is 0 Å². The van der Waals surface area contributed by atoms with Crippen LogP contribution in [0.3, 0.4) is 0 Å². The van der Waals surface area contributed by atoms with Crippen LogP contribution in [0.5, 0.6) is 0 Å². The molecule has 96 valence electrons. The van der Waals surface area contributed by atoms with Crippen LogP contribution in [0.2, 0.25) is 0 Å². The highest BCUT2D eigenvalue weighted by molar-refractivity contribution is 9.09. The van der Waals surface area contributed by atoms with Gasteiger partial charge in [-0.3, -0.25) is 0 Å². The summed E-state index contributed by atoms with van der Waals surface area (Å²) in [6, 6.07) is 12.2. The van der Waals surface area contributed by atoms with Crippen molar-refractivity contribution in [2.24, 2.45) is 0 Å². The Hall–Kier alpha value is -1.68. The highest BCUT2D eigenvalue weighted by atomic mass is 79.9. The summed E-state index contributed by atoms with van der Waals surface area (Å²) >= 11 is 3.52. The van der Waals surface area contributed by atoms with Crippen molar-refractivity contribution in [3.05, 3.63) is 53.8 Å². The Balaban J connectivity index is 2.13. The van der Waals surface area contributed by atoms with Gasteiger partial charge < -0.3 is 4.52 Å². The van der Waals surface area contributed by atoms with E-state index < -0.39 is 0 Å². The molecule has 0 spiro atoms. The number of nitrogens with zero attached hydrogens (tertiary/aromatic N) is 1. The average molecular weight is 320 g/mol. The normalized spacial score (nSPS) is 12.8. The lowest BCUT2D eigenvalue weighted by molar-refractivity contribution is 0.459. The minimum Gasteiger partial charge on any atom is -0.356 e. The molecule has 0 radical (unpaired) electrons. The van der Waals surface area contributed by atoms with E-state index in [1.165, 1.54) is 12.1 Å². The summed E-state index contributed by atoms with van der Waals surface area (Å²) in [7, 11) is 0.